The number of urea groups is 1. The van der Waals surface area contributed by atoms with Gasteiger partial charge in [0.1, 0.15) is 10.6 Å². The summed E-state index contributed by atoms with van der Waals surface area (Å²) < 4.78 is 30.8. The number of anilines is 1. The highest BCUT2D eigenvalue weighted by Crippen LogP contribution is 2.43. The minimum atomic E-state index is -3.61. The van der Waals surface area contributed by atoms with Gasteiger partial charge >= 0.3 is 12.0 Å². The first-order chi connectivity index (χ1) is 22.0. The number of carboxylic acids is 1. The van der Waals surface area contributed by atoms with E-state index in [1.165, 1.54) is 38.2 Å². The number of rotatable bonds is 14. The second-order valence-electron chi connectivity index (χ2n) is 12.8. The smallest absolute Gasteiger partial charge is 0.319 e. The Morgan fingerprint density at radius 1 is 0.935 bits per heavy atom. The van der Waals surface area contributed by atoms with E-state index >= 15 is 0 Å². The van der Waals surface area contributed by atoms with Crippen LogP contribution in [0.4, 0.5) is 10.5 Å². The molecule has 1 atom stereocenters. The fourth-order valence-corrected chi connectivity index (χ4v) is 7.72. The van der Waals surface area contributed by atoms with E-state index < -0.39 is 21.8 Å². The molecule has 0 aromatic heterocycles. The van der Waals surface area contributed by atoms with Crippen molar-refractivity contribution in [2.45, 2.75) is 94.9 Å². The van der Waals surface area contributed by atoms with Crippen LogP contribution in [0.3, 0.4) is 0 Å². The van der Waals surface area contributed by atoms with Crippen LogP contribution in [0.15, 0.2) is 47.4 Å². The van der Waals surface area contributed by atoms with Crippen molar-refractivity contribution >= 4 is 33.4 Å². The third-order valence-electron chi connectivity index (χ3n) is 9.40. The number of sulfone groups is 1. The van der Waals surface area contributed by atoms with Crippen molar-refractivity contribution in [1.29, 1.82) is 0 Å². The average Bonchev–Trinajstić information content (AvgIpc) is 3.04. The number of benzene rings is 2. The lowest BCUT2D eigenvalue weighted by molar-refractivity contribution is -0.136. The number of carbonyl (C=O) groups excluding carboxylic acids is 2. The molecular formula is C35H49N3O7S. The van der Waals surface area contributed by atoms with E-state index in [1.54, 1.807) is 24.3 Å². The average molecular weight is 656 g/mol. The van der Waals surface area contributed by atoms with E-state index in [-0.39, 0.29) is 41.5 Å². The van der Waals surface area contributed by atoms with Crippen LogP contribution in [-0.4, -0.2) is 50.8 Å². The molecule has 252 valence electrons. The standard InChI is InChI=1S/C35H49N3O7S/c1-3-4-22-45-30-19-18-29(23-31(30)46(2,43)44)37-35(42)38-33(26-12-10-25(11-13-26)24-8-6-5-7-9-24)27-14-16-28(17-15-27)34(41)36-21-20-32(39)40/h14-19,23-26,33H,3-13,20-22H2,1-2H3,(H,36,41)(H,39,40)(H2,37,38,42). The molecule has 11 heteroatoms. The molecule has 2 fully saturated rings. The maximum absolute atomic E-state index is 13.4. The van der Waals surface area contributed by atoms with Crippen molar-refractivity contribution in [3.63, 3.8) is 0 Å². The number of hydrogen-bond donors (Lipinski definition) is 4. The van der Waals surface area contributed by atoms with E-state index in [0.717, 1.165) is 62.2 Å². The van der Waals surface area contributed by atoms with Crippen LogP contribution in [0, 0.1) is 17.8 Å². The van der Waals surface area contributed by atoms with Gasteiger partial charge < -0.3 is 25.8 Å². The van der Waals surface area contributed by atoms with Crippen molar-refractivity contribution in [2.24, 2.45) is 17.8 Å². The Bertz CT molecular complexity index is 1430. The van der Waals surface area contributed by atoms with E-state index in [1.807, 2.05) is 19.1 Å². The number of amides is 3. The van der Waals surface area contributed by atoms with Gasteiger partial charge in [0.05, 0.1) is 19.1 Å². The molecule has 4 rings (SSSR count). The zero-order valence-electron chi connectivity index (χ0n) is 27.1. The fourth-order valence-electron chi connectivity index (χ4n) is 6.89. The Morgan fingerprint density at radius 2 is 1.61 bits per heavy atom. The second kappa shape index (κ2) is 16.8. The van der Waals surface area contributed by atoms with Gasteiger partial charge in [-0.05, 0) is 85.8 Å². The fraction of sp³-hybridized carbons (Fsp3) is 0.571. The first-order valence-corrected chi connectivity index (χ1v) is 18.6. The highest BCUT2D eigenvalue weighted by Gasteiger charge is 2.33. The molecule has 2 aliphatic rings. The molecule has 0 radical (unpaired) electrons. The molecule has 1 unspecified atom stereocenters. The topological polar surface area (TPSA) is 151 Å². The molecule has 4 N–H and O–H groups in total. The highest BCUT2D eigenvalue weighted by molar-refractivity contribution is 7.90. The van der Waals surface area contributed by atoms with Crippen LogP contribution < -0.4 is 20.7 Å². The maximum Gasteiger partial charge on any atom is 0.319 e. The zero-order chi connectivity index (χ0) is 33.1. The number of nitrogens with one attached hydrogen (secondary N) is 3. The van der Waals surface area contributed by atoms with Gasteiger partial charge in [-0.25, -0.2) is 13.2 Å². The van der Waals surface area contributed by atoms with Crippen molar-refractivity contribution < 1.29 is 32.6 Å². The van der Waals surface area contributed by atoms with Crippen LogP contribution in [0.1, 0.15) is 106 Å². The molecule has 46 heavy (non-hydrogen) atoms. The van der Waals surface area contributed by atoms with Gasteiger partial charge in [0.2, 0.25) is 0 Å². The predicted octanol–water partition coefficient (Wildman–Crippen LogP) is 6.72. The van der Waals surface area contributed by atoms with Gasteiger partial charge in [0, 0.05) is 24.1 Å². The Morgan fingerprint density at radius 3 is 2.24 bits per heavy atom. The number of ether oxygens (including phenoxy) is 1. The summed E-state index contributed by atoms with van der Waals surface area (Å²) in [5, 5.41) is 17.5. The van der Waals surface area contributed by atoms with Crippen molar-refractivity contribution in [3.8, 4) is 5.75 Å². The second-order valence-corrected chi connectivity index (χ2v) is 14.8. The van der Waals surface area contributed by atoms with Crippen molar-refractivity contribution in [2.75, 3.05) is 24.7 Å². The molecule has 2 aliphatic carbocycles. The Kier molecular flexibility index (Phi) is 12.9. The summed E-state index contributed by atoms with van der Waals surface area (Å²) in [5.41, 5.74) is 1.62. The molecule has 0 heterocycles. The normalized spacial score (nSPS) is 19.5. The lowest BCUT2D eigenvalue weighted by Crippen LogP contribution is -2.38. The third-order valence-corrected chi connectivity index (χ3v) is 10.5. The van der Waals surface area contributed by atoms with Crippen LogP contribution >= 0.6 is 0 Å². The molecule has 2 saturated carbocycles. The highest BCUT2D eigenvalue weighted by atomic mass is 32.2. The van der Waals surface area contributed by atoms with Gasteiger partial charge in [-0.15, -0.1) is 0 Å². The third kappa shape index (κ3) is 10.2. The Labute approximate surface area is 273 Å². The van der Waals surface area contributed by atoms with Gasteiger partial charge in [0.25, 0.3) is 5.91 Å². The van der Waals surface area contributed by atoms with E-state index in [9.17, 15) is 22.8 Å². The summed E-state index contributed by atoms with van der Waals surface area (Å²) in [4.78, 5) is 36.8. The van der Waals surface area contributed by atoms with Crippen LogP contribution in [-0.2, 0) is 14.6 Å². The van der Waals surface area contributed by atoms with Gasteiger partial charge in [-0.1, -0.05) is 57.6 Å². The summed E-state index contributed by atoms with van der Waals surface area (Å²) in [5.74, 6) is 0.636. The Balaban J connectivity index is 1.49. The molecule has 0 saturated heterocycles. The van der Waals surface area contributed by atoms with Gasteiger partial charge in [-0.3, -0.25) is 9.59 Å². The maximum atomic E-state index is 13.4. The summed E-state index contributed by atoms with van der Waals surface area (Å²) in [6.07, 6.45) is 13.5. The minimum Gasteiger partial charge on any atom is -0.492 e. The SMILES string of the molecule is CCCCOc1ccc(NC(=O)NC(c2ccc(C(=O)NCCC(=O)O)cc2)C2CCC(C3CCCCC3)CC2)cc1S(C)(=O)=O. The lowest BCUT2D eigenvalue weighted by atomic mass is 9.69. The van der Waals surface area contributed by atoms with Crippen LogP contribution in [0.5, 0.6) is 5.75 Å². The van der Waals surface area contributed by atoms with Crippen LogP contribution in [0.2, 0.25) is 0 Å². The largest absolute Gasteiger partial charge is 0.492 e. The molecule has 0 spiro atoms. The Hall–Kier alpha value is -3.60. The number of carboxylic acid groups (broad SMARTS) is 1. The predicted molar refractivity (Wildman–Crippen MR) is 178 cm³/mol. The minimum absolute atomic E-state index is 0.0243. The van der Waals surface area contributed by atoms with Crippen LogP contribution in [0.25, 0.3) is 0 Å². The monoisotopic (exact) mass is 655 g/mol. The summed E-state index contributed by atoms with van der Waals surface area (Å²) in [6, 6.07) is 10.9. The molecule has 2 aromatic rings. The summed E-state index contributed by atoms with van der Waals surface area (Å²) in [7, 11) is -3.61. The number of unbranched alkanes of at least 4 members (excludes halogenated alkanes) is 1. The number of hydrogen-bond acceptors (Lipinski definition) is 6. The van der Waals surface area contributed by atoms with E-state index in [0.29, 0.717) is 17.9 Å². The van der Waals surface area contributed by atoms with E-state index in [4.69, 9.17) is 9.84 Å². The molecule has 0 bridgehead atoms. The van der Waals surface area contributed by atoms with Crippen molar-refractivity contribution in [3.05, 3.63) is 53.6 Å². The lowest BCUT2D eigenvalue weighted by Gasteiger charge is -2.38. The van der Waals surface area contributed by atoms with Gasteiger partial charge in [-0.2, -0.15) is 0 Å². The molecule has 0 aliphatic heterocycles. The quantitative estimate of drug-likeness (QED) is 0.165. The molecular weight excluding hydrogens is 606 g/mol. The molecule has 3 amide bonds. The summed E-state index contributed by atoms with van der Waals surface area (Å²) in [6.45, 7) is 2.47. The van der Waals surface area contributed by atoms with E-state index in [2.05, 4.69) is 16.0 Å². The van der Waals surface area contributed by atoms with Crippen molar-refractivity contribution in [1.82, 2.24) is 10.6 Å². The summed E-state index contributed by atoms with van der Waals surface area (Å²) >= 11 is 0. The number of aliphatic carboxylic acids is 1. The first-order valence-electron chi connectivity index (χ1n) is 16.7. The first kappa shape index (κ1) is 35.3. The zero-order valence-corrected chi connectivity index (χ0v) is 27.9. The van der Waals surface area contributed by atoms with Gasteiger partial charge in [0.15, 0.2) is 9.84 Å². The molecule has 10 nitrogen and oxygen atoms in total. The molecule has 2 aromatic carbocycles. The number of carbonyl (C=O) groups is 3.